The van der Waals surface area contributed by atoms with Crippen LogP contribution < -0.4 is 4.90 Å². The van der Waals surface area contributed by atoms with E-state index in [9.17, 15) is 9.59 Å². The van der Waals surface area contributed by atoms with Gasteiger partial charge in [-0.1, -0.05) is 35.5 Å². The molecular formula is C23H28ClN5O3S. The van der Waals surface area contributed by atoms with Crippen LogP contribution in [0, 0.1) is 0 Å². The van der Waals surface area contributed by atoms with Gasteiger partial charge in [-0.2, -0.15) is 0 Å². The minimum Gasteiger partial charge on any atom is -0.450 e. The number of carbonyl (C=O) groups is 2. The normalized spacial score (nSPS) is 16.2. The average molecular weight is 490 g/mol. The van der Waals surface area contributed by atoms with E-state index in [4.69, 9.17) is 16.3 Å². The molecule has 2 amide bonds. The number of ether oxygens (including phenoxy) is 1. The van der Waals surface area contributed by atoms with Gasteiger partial charge >= 0.3 is 6.09 Å². The van der Waals surface area contributed by atoms with E-state index >= 15 is 0 Å². The van der Waals surface area contributed by atoms with Gasteiger partial charge in [-0.3, -0.25) is 4.79 Å². The Labute approximate surface area is 203 Å². The Morgan fingerprint density at radius 3 is 2.48 bits per heavy atom. The van der Waals surface area contributed by atoms with Crippen molar-refractivity contribution in [3.05, 3.63) is 46.6 Å². The summed E-state index contributed by atoms with van der Waals surface area (Å²) in [6.07, 6.45) is 2.02. The van der Waals surface area contributed by atoms with E-state index in [2.05, 4.69) is 14.9 Å². The minimum atomic E-state index is -0.320. The summed E-state index contributed by atoms with van der Waals surface area (Å²) in [6, 6.07) is 9.45. The van der Waals surface area contributed by atoms with Gasteiger partial charge in [0.2, 0.25) is 0 Å². The van der Waals surface area contributed by atoms with Crippen LogP contribution >= 0.6 is 23.4 Å². The zero-order valence-electron chi connectivity index (χ0n) is 18.7. The van der Waals surface area contributed by atoms with E-state index in [0.717, 1.165) is 24.5 Å². The second-order valence-corrected chi connectivity index (χ2v) is 9.32. The molecule has 10 heteroatoms. The summed E-state index contributed by atoms with van der Waals surface area (Å²) in [4.78, 5) is 39.6. The van der Waals surface area contributed by atoms with Gasteiger partial charge in [0.1, 0.15) is 11.0 Å². The van der Waals surface area contributed by atoms with E-state index in [0.29, 0.717) is 54.4 Å². The predicted octanol–water partition coefficient (Wildman–Crippen LogP) is 3.94. The lowest BCUT2D eigenvalue weighted by Crippen LogP contribution is -2.50. The number of anilines is 1. The van der Waals surface area contributed by atoms with Crippen molar-refractivity contribution < 1.29 is 14.3 Å². The van der Waals surface area contributed by atoms with Crippen molar-refractivity contribution in [1.82, 2.24) is 19.8 Å². The van der Waals surface area contributed by atoms with Crippen molar-refractivity contribution in [2.75, 3.05) is 50.8 Å². The Hall–Kier alpha value is -2.52. The van der Waals surface area contributed by atoms with Crippen molar-refractivity contribution >= 4 is 41.2 Å². The summed E-state index contributed by atoms with van der Waals surface area (Å²) in [6.45, 7) is 6.07. The van der Waals surface area contributed by atoms with E-state index in [1.807, 2.05) is 30.3 Å². The molecule has 0 radical (unpaired) electrons. The van der Waals surface area contributed by atoms with E-state index < -0.39 is 0 Å². The molecular weight excluding hydrogens is 462 g/mol. The van der Waals surface area contributed by atoms with Crippen LogP contribution in [0.4, 0.5) is 10.6 Å². The Bertz CT molecular complexity index is 994. The van der Waals surface area contributed by atoms with Crippen molar-refractivity contribution in [1.29, 1.82) is 0 Å². The van der Waals surface area contributed by atoms with Gasteiger partial charge in [-0.25, -0.2) is 14.8 Å². The Morgan fingerprint density at radius 1 is 1.03 bits per heavy atom. The second kappa shape index (κ2) is 11.1. The van der Waals surface area contributed by atoms with Gasteiger partial charge in [0.15, 0.2) is 5.16 Å². The third-order valence-corrected chi connectivity index (χ3v) is 6.84. The lowest BCUT2D eigenvalue weighted by Gasteiger charge is -2.34. The maximum absolute atomic E-state index is 13.0. The van der Waals surface area contributed by atoms with Crippen LogP contribution in [0.1, 0.15) is 35.7 Å². The molecule has 3 heterocycles. The molecule has 4 rings (SSSR count). The van der Waals surface area contributed by atoms with Crippen LogP contribution in [-0.2, 0) is 10.5 Å². The number of hydrogen-bond donors (Lipinski definition) is 0. The molecule has 1 aromatic carbocycles. The van der Waals surface area contributed by atoms with Crippen molar-refractivity contribution in [3.63, 3.8) is 0 Å². The smallest absolute Gasteiger partial charge is 0.409 e. The number of hydrogen-bond acceptors (Lipinski definition) is 7. The van der Waals surface area contributed by atoms with Crippen molar-refractivity contribution in [2.45, 2.75) is 30.7 Å². The van der Waals surface area contributed by atoms with Crippen LogP contribution in [0.3, 0.4) is 0 Å². The maximum Gasteiger partial charge on any atom is 0.409 e. The third kappa shape index (κ3) is 6.09. The predicted molar refractivity (Wildman–Crippen MR) is 129 cm³/mol. The SMILES string of the molecule is CCOC(=O)N1CCN(C(=O)c2cccc(CSc3nc(Cl)cc(N4CCCC4)n3)c2)CC1. The molecule has 0 unspecified atom stereocenters. The summed E-state index contributed by atoms with van der Waals surface area (Å²) in [5.74, 6) is 1.49. The second-order valence-electron chi connectivity index (χ2n) is 7.99. The third-order valence-electron chi connectivity index (χ3n) is 5.73. The van der Waals surface area contributed by atoms with Gasteiger partial charge in [0, 0.05) is 56.7 Å². The molecule has 2 saturated heterocycles. The number of carbonyl (C=O) groups excluding carboxylic acids is 2. The first kappa shape index (κ1) is 23.6. The number of nitrogens with zero attached hydrogens (tertiary/aromatic N) is 5. The number of benzene rings is 1. The van der Waals surface area contributed by atoms with E-state index in [1.54, 1.807) is 16.7 Å². The Morgan fingerprint density at radius 2 is 1.76 bits per heavy atom. The molecule has 0 aliphatic carbocycles. The number of aromatic nitrogens is 2. The lowest BCUT2D eigenvalue weighted by atomic mass is 10.1. The number of amides is 2. The monoisotopic (exact) mass is 489 g/mol. The topological polar surface area (TPSA) is 78.9 Å². The molecule has 2 aliphatic rings. The fourth-order valence-electron chi connectivity index (χ4n) is 3.99. The highest BCUT2D eigenvalue weighted by atomic mass is 35.5. The molecule has 0 atom stereocenters. The summed E-state index contributed by atoms with van der Waals surface area (Å²) in [7, 11) is 0. The zero-order chi connectivity index (χ0) is 23.2. The van der Waals surface area contributed by atoms with Crippen molar-refractivity contribution in [2.24, 2.45) is 0 Å². The van der Waals surface area contributed by atoms with Gasteiger partial charge in [-0.15, -0.1) is 0 Å². The van der Waals surface area contributed by atoms with E-state index in [1.165, 1.54) is 24.6 Å². The lowest BCUT2D eigenvalue weighted by molar-refractivity contribution is 0.0570. The molecule has 0 N–H and O–H groups in total. The summed E-state index contributed by atoms with van der Waals surface area (Å²) < 4.78 is 5.04. The standard InChI is InChI=1S/C23H28ClN5O3S/c1-2-32-23(31)29-12-10-28(11-13-29)21(30)18-7-5-6-17(14-18)16-33-22-25-19(24)15-20(26-22)27-8-3-4-9-27/h5-7,14-15H,2-4,8-13,16H2,1H3. The first-order valence-electron chi connectivity index (χ1n) is 11.3. The number of halogens is 1. The molecule has 2 aromatic rings. The quantitative estimate of drug-likeness (QED) is 0.345. The molecule has 2 fully saturated rings. The van der Waals surface area contributed by atoms with Crippen LogP contribution in [0.25, 0.3) is 0 Å². The molecule has 0 saturated carbocycles. The number of rotatable bonds is 6. The van der Waals surface area contributed by atoms with Gasteiger partial charge in [0.25, 0.3) is 5.91 Å². The van der Waals surface area contributed by atoms with Crippen LogP contribution in [-0.4, -0.2) is 77.6 Å². The Kier molecular flexibility index (Phi) is 7.93. The molecule has 0 bridgehead atoms. The largest absolute Gasteiger partial charge is 0.450 e. The Balaban J connectivity index is 1.36. The minimum absolute atomic E-state index is 0.0271. The first-order chi connectivity index (χ1) is 16.0. The number of piperazine rings is 1. The van der Waals surface area contributed by atoms with E-state index in [-0.39, 0.29) is 12.0 Å². The van der Waals surface area contributed by atoms with Crippen molar-refractivity contribution in [3.8, 4) is 0 Å². The molecule has 1 aromatic heterocycles. The highest BCUT2D eigenvalue weighted by Crippen LogP contribution is 2.26. The first-order valence-corrected chi connectivity index (χ1v) is 12.6. The molecule has 0 spiro atoms. The van der Waals surface area contributed by atoms with Gasteiger partial charge in [-0.05, 0) is 37.5 Å². The highest BCUT2D eigenvalue weighted by Gasteiger charge is 2.25. The van der Waals surface area contributed by atoms with Gasteiger partial charge in [0.05, 0.1) is 6.61 Å². The zero-order valence-corrected chi connectivity index (χ0v) is 20.3. The maximum atomic E-state index is 13.0. The summed E-state index contributed by atoms with van der Waals surface area (Å²) in [5.41, 5.74) is 1.66. The highest BCUT2D eigenvalue weighted by molar-refractivity contribution is 7.98. The average Bonchev–Trinajstić information content (AvgIpc) is 3.38. The fourth-order valence-corrected chi connectivity index (χ4v) is 5.01. The summed E-state index contributed by atoms with van der Waals surface area (Å²) in [5, 5.41) is 1.08. The fraction of sp³-hybridized carbons (Fsp3) is 0.478. The molecule has 176 valence electrons. The number of thioether (sulfide) groups is 1. The van der Waals surface area contributed by atoms with Gasteiger partial charge < -0.3 is 19.4 Å². The van der Waals surface area contributed by atoms with Crippen LogP contribution in [0.15, 0.2) is 35.5 Å². The molecule has 33 heavy (non-hydrogen) atoms. The summed E-state index contributed by atoms with van der Waals surface area (Å²) >= 11 is 7.75. The van der Waals surface area contributed by atoms with Crippen LogP contribution in [0.2, 0.25) is 5.15 Å². The van der Waals surface area contributed by atoms with Crippen LogP contribution in [0.5, 0.6) is 0 Å². The molecule has 2 aliphatic heterocycles. The molecule has 8 nitrogen and oxygen atoms in total.